The Labute approximate surface area is 134 Å². The molecule has 0 spiro atoms. The number of halogens is 2. The van der Waals surface area contributed by atoms with Crippen molar-refractivity contribution in [3.05, 3.63) is 57.6 Å². The summed E-state index contributed by atoms with van der Waals surface area (Å²) in [6, 6.07) is 11.3. The average molecular weight is 323 g/mol. The number of nitrogens with two attached hydrogens (primary N) is 1. The molecule has 1 amide bonds. The Morgan fingerprint density at radius 1 is 1.14 bits per heavy atom. The lowest BCUT2D eigenvalue weighted by Crippen LogP contribution is -2.12. The quantitative estimate of drug-likeness (QED) is 0.817. The molecule has 2 aromatic carbocycles. The molecule has 0 saturated heterocycles. The molecule has 0 aliphatic heterocycles. The average Bonchev–Trinajstić information content (AvgIpc) is 2.44. The van der Waals surface area contributed by atoms with Gasteiger partial charge >= 0.3 is 0 Å². The number of nitrogens with one attached hydrogen (secondary N) is 1. The zero-order valence-electron chi connectivity index (χ0n) is 11.6. The van der Waals surface area contributed by atoms with Crippen molar-refractivity contribution < 1.29 is 4.79 Å². The minimum absolute atomic E-state index is 0.0903. The van der Waals surface area contributed by atoms with Gasteiger partial charge in [0.25, 0.3) is 0 Å². The van der Waals surface area contributed by atoms with E-state index in [1.165, 1.54) is 5.56 Å². The first-order valence-electron chi connectivity index (χ1n) is 6.55. The lowest BCUT2D eigenvalue weighted by molar-refractivity contribution is -0.116. The van der Waals surface area contributed by atoms with E-state index in [4.69, 9.17) is 28.9 Å². The maximum Gasteiger partial charge on any atom is 0.224 e. The first kappa shape index (κ1) is 15.7. The summed E-state index contributed by atoms with van der Waals surface area (Å²) in [5.74, 6) is -0.0903. The van der Waals surface area contributed by atoms with Gasteiger partial charge in [0.05, 0.1) is 15.7 Å². The number of carbonyl (C=O) groups excluding carboxylic acids is 1. The fraction of sp³-hybridized carbons (Fsp3) is 0.188. The number of aryl methyl sites for hydroxylation is 2. The highest BCUT2D eigenvalue weighted by Gasteiger charge is 2.08. The molecule has 0 bridgehead atoms. The van der Waals surface area contributed by atoms with Crippen molar-refractivity contribution in [2.75, 3.05) is 11.1 Å². The predicted octanol–water partition coefficient (Wildman–Crippen LogP) is 4.46. The van der Waals surface area contributed by atoms with Crippen LogP contribution in [-0.4, -0.2) is 5.91 Å². The highest BCUT2D eigenvalue weighted by molar-refractivity contribution is 6.39. The summed E-state index contributed by atoms with van der Waals surface area (Å²) in [4.78, 5) is 11.9. The minimum atomic E-state index is -0.0903. The van der Waals surface area contributed by atoms with Gasteiger partial charge in [-0.2, -0.15) is 0 Å². The third-order valence-corrected chi connectivity index (χ3v) is 3.75. The fourth-order valence-corrected chi connectivity index (χ4v) is 2.38. The van der Waals surface area contributed by atoms with Gasteiger partial charge in [0.1, 0.15) is 0 Å². The highest BCUT2D eigenvalue weighted by atomic mass is 35.5. The number of carbonyl (C=O) groups is 1. The van der Waals surface area contributed by atoms with E-state index in [1.807, 2.05) is 31.2 Å². The second-order valence-electron chi connectivity index (χ2n) is 4.89. The van der Waals surface area contributed by atoms with E-state index >= 15 is 0 Å². The third kappa shape index (κ3) is 4.38. The van der Waals surface area contributed by atoms with Crippen molar-refractivity contribution in [3.63, 3.8) is 0 Å². The van der Waals surface area contributed by atoms with Crippen LogP contribution in [0.15, 0.2) is 36.4 Å². The third-order valence-electron chi connectivity index (χ3n) is 3.12. The van der Waals surface area contributed by atoms with Crippen molar-refractivity contribution in [2.45, 2.75) is 19.8 Å². The monoisotopic (exact) mass is 322 g/mol. The number of amides is 1. The maximum absolute atomic E-state index is 11.9. The molecule has 3 nitrogen and oxygen atoms in total. The standard InChI is InChI=1S/C16H16Cl2N2O/c1-10-2-4-11(5-3-10)6-7-15(21)20-12-8-13(17)16(19)14(18)9-12/h2-5,8-9H,6-7,19H2,1H3,(H,20,21). The molecule has 2 aromatic rings. The summed E-state index contributed by atoms with van der Waals surface area (Å²) >= 11 is 11.9. The molecule has 5 heteroatoms. The summed E-state index contributed by atoms with van der Waals surface area (Å²) < 4.78 is 0. The number of benzene rings is 2. The zero-order valence-corrected chi connectivity index (χ0v) is 13.1. The Bertz CT molecular complexity index is 631. The normalized spacial score (nSPS) is 10.4. The summed E-state index contributed by atoms with van der Waals surface area (Å²) in [6.07, 6.45) is 1.07. The van der Waals surface area contributed by atoms with Crippen molar-refractivity contribution in [1.29, 1.82) is 0 Å². The second-order valence-corrected chi connectivity index (χ2v) is 5.70. The predicted molar refractivity (Wildman–Crippen MR) is 89.0 cm³/mol. The van der Waals surface area contributed by atoms with Crippen LogP contribution >= 0.6 is 23.2 Å². The molecular weight excluding hydrogens is 307 g/mol. The molecule has 0 aromatic heterocycles. The van der Waals surface area contributed by atoms with Crippen LogP contribution in [0.4, 0.5) is 11.4 Å². The molecule has 0 unspecified atom stereocenters. The Morgan fingerprint density at radius 2 is 1.71 bits per heavy atom. The smallest absolute Gasteiger partial charge is 0.224 e. The molecule has 21 heavy (non-hydrogen) atoms. The molecule has 0 radical (unpaired) electrons. The fourth-order valence-electron chi connectivity index (χ4n) is 1.89. The summed E-state index contributed by atoms with van der Waals surface area (Å²) in [5.41, 5.74) is 8.85. The van der Waals surface area contributed by atoms with Gasteiger partial charge in [0.15, 0.2) is 0 Å². The van der Waals surface area contributed by atoms with Crippen molar-refractivity contribution in [3.8, 4) is 0 Å². The van der Waals surface area contributed by atoms with Crippen LogP contribution in [-0.2, 0) is 11.2 Å². The molecule has 3 N–H and O–H groups in total. The van der Waals surface area contributed by atoms with E-state index in [0.29, 0.717) is 34.3 Å². The largest absolute Gasteiger partial charge is 0.396 e. The SMILES string of the molecule is Cc1ccc(CCC(=O)Nc2cc(Cl)c(N)c(Cl)c2)cc1. The Kier molecular flexibility index (Phi) is 5.10. The number of anilines is 2. The minimum Gasteiger partial charge on any atom is -0.396 e. The molecular formula is C16H16Cl2N2O. The van der Waals surface area contributed by atoms with Gasteiger partial charge in [-0.15, -0.1) is 0 Å². The number of hydrogen-bond donors (Lipinski definition) is 2. The van der Waals surface area contributed by atoms with Crippen LogP contribution in [0.25, 0.3) is 0 Å². The van der Waals surface area contributed by atoms with Gasteiger partial charge in [-0.25, -0.2) is 0 Å². The Morgan fingerprint density at radius 3 is 2.29 bits per heavy atom. The molecule has 0 heterocycles. The van der Waals surface area contributed by atoms with Crippen LogP contribution in [0, 0.1) is 6.92 Å². The first-order chi connectivity index (χ1) is 9.95. The number of nitrogen functional groups attached to an aromatic ring is 1. The van der Waals surface area contributed by atoms with Crippen molar-refractivity contribution in [1.82, 2.24) is 0 Å². The van der Waals surface area contributed by atoms with E-state index < -0.39 is 0 Å². The van der Waals surface area contributed by atoms with Crippen LogP contribution in [0.2, 0.25) is 10.0 Å². The maximum atomic E-state index is 11.9. The van der Waals surface area contributed by atoms with Crippen LogP contribution in [0.3, 0.4) is 0 Å². The van der Waals surface area contributed by atoms with Crippen LogP contribution < -0.4 is 11.1 Å². The van der Waals surface area contributed by atoms with E-state index in [9.17, 15) is 4.79 Å². The summed E-state index contributed by atoms with van der Waals surface area (Å²) in [5, 5.41) is 3.43. The molecule has 0 saturated carbocycles. The van der Waals surface area contributed by atoms with Crippen molar-refractivity contribution in [2.24, 2.45) is 0 Å². The Hall–Kier alpha value is -1.71. The van der Waals surface area contributed by atoms with E-state index in [2.05, 4.69) is 5.32 Å². The molecule has 0 aliphatic rings. The van der Waals surface area contributed by atoms with Crippen molar-refractivity contribution >= 4 is 40.5 Å². The number of rotatable bonds is 4. The zero-order chi connectivity index (χ0) is 15.4. The van der Waals surface area contributed by atoms with E-state index in [1.54, 1.807) is 12.1 Å². The number of hydrogen-bond acceptors (Lipinski definition) is 2. The van der Waals surface area contributed by atoms with Gasteiger partial charge in [-0.05, 0) is 31.0 Å². The molecule has 0 fully saturated rings. The molecule has 0 aliphatic carbocycles. The first-order valence-corrected chi connectivity index (χ1v) is 7.31. The van der Waals surface area contributed by atoms with Gasteiger partial charge in [-0.3, -0.25) is 4.79 Å². The van der Waals surface area contributed by atoms with Crippen LogP contribution in [0.1, 0.15) is 17.5 Å². The lowest BCUT2D eigenvalue weighted by atomic mass is 10.1. The van der Waals surface area contributed by atoms with Gasteiger partial charge in [0, 0.05) is 12.1 Å². The molecule has 0 atom stereocenters. The van der Waals surface area contributed by atoms with Gasteiger partial charge in [0.2, 0.25) is 5.91 Å². The highest BCUT2D eigenvalue weighted by Crippen LogP contribution is 2.31. The lowest BCUT2D eigenvalue weighted by Gasteiger charge is -2.08. The van der Waals surface area contributed by atoms with Gasteiger partial charge in [-0.1, -0.05) is 53.0 Å². The summed E-state index contributed by atoms with van der Waals surface area (Å²) in [7, 11) is 0. The molecule has 110 valence electrons. The van der Waals surface area contributed by atoms with Gasteiger partial charge < -0.3 is 11.1 Å². The van der Waals surface area contributed by atoms with E-state index in [-0.39, 0.29) is 5.91 Å². The van der Waals surface area contributed by atoms with E-state index in [0.717, 1.165) is 5.56 Å². The van der Waals surface area contributed by atoms with Crippen LogP contribution in [0.5, 0.6) is 0 Å². The molecule has 2 rings (SSSR count). The summed E-state index contributed by atoms with van der Waals surface area (Å²) in [6.45, 7) is 2.03. The second kappa shape index (κ2) is 6.83. The topological polar surface area (TPSA) is 55.1 Å². The Balaban J connectivity index is 1.94.